The Bertz CT molecular complexity index is 933. The number of ether oxygens (including phenoxy) is 1. The average molecular weight is 343 g/mol. The molecule has 0 spiro atoms. The van der Waals surface area contributed by atoms with Gasteiger partial charge in [0.2, 0.25) is 0 Å². The largest absolute Gasteiger partial charge is 0.475 e. The first-order valence-corrected chi connectivity index (χ1v) is 9.75. The second kappa shape index (κ2) is 6.14. The molecule has 0 saturated carbocycles. The molecule has 3 aromatic carbocycles. The molecule has 0 unspecified atom stereocenters. The summed E-state index contributed by atoms with van der Waals surface area (Å²) in [5.74, 6) is 1.68. The number of hydrogen-bond acceptors (Lipinski definition) is 2. The van der Waals surface area contributed by atoms with Gasteiger partial charge in [-0.25, -0.2) is 0 Å². The van der Waals surface area contributed by atoms with E-state index in [1.54, 1.807) is 0 Å². The molecule has 0 radical (unpaired) electrons. The highest BCUT2D eigenvalue weighted by atomic mass is 16.5. The molecule has 2 heteroatoms. The zero-order valence-electron chi connectivity index (χ0n) is 15.4. The number of fused-ring (bicyclic) bond motifs is 4. The van der Waals surface area contributed by atoms with Gasteiger partial charge in [0, 0.05) is 11.6 Å². The fourth-order valence-electron chi connectivity index (χ4n) is 4.91. The topological polar surface area (TPSA) is 12.5 Å². The molecule has 0 amide bonds. The van der Waals surface area contributed by atoms with Crippen LogP contribution in [0.15, 0.2) is 66.7 Å². The van der Waals surface area contributed by atoms with Crippen LogP contribution in [0, 0.1) is 5.92 Å². The van der Waals surface area contributed by atoms with Gasteiger partial charge in [0.1, 0.15) is 5.75 Å². The summed E-state index contributed by atoms with van der Waals surface area (Å²) in [7, 11) is 0. The van der Waals surface area contributed by atoms with Crippen LogP contribution in [-0.4, -0.2) is 17.2 Å². The summed E-state index contributed by atoms with van der Waals surface area (Å²) in [6.45, 7) is 4.68. The van der Waals surface area contributed by atoms with Crippen molar-refractivity contribution in [3.05, 3.63) is 77.9 Å². The zero-order chi connectivity index (χ0) is 17.7. The van der Waals surface area contributed by atoms with Crippen LogP contribution in [0.5, 0.6) is 5.75 Å². The molecule has 132 valence electrons. The van der Waals surface area contributed by atoms with E-state index in [2.05, 4.69) is 85.5 Å². The van der Waals surface area contributed by atoms with Crippen LogP contribution < -0.4 is 4.74 Å². The zero-order valence-corrected chi connectivity index (χ0v) is 15.4. The van der Waals surface area contributed by atoms with Crippen molar-refractivity contribution in [3.63, 3.8) is 0 Å². The molecule has 2 heterocycles. The molecular formula is C24H25NO. The monoisotopic (exact) mass is 343 g/mol. The van der Waals surface area contributed by atoms with E-state index < -0.39 is 0 Å². The van der Waals surface area contributed by atoms with E-state index in [1.807, 2.05) is 0 Å². The van der Waals surface area contributed by atoms with Gasteiger partial charge in [-0.2, -0.15) is 0 Å². The van der Waals surface area contributed by atoms with Gasteiger partial charge >= 0.3 is 0 Å². The van der Waals surface area contributed by atoms with Crippen LogP contribution in [0.25, 0.3) is 10.8 Å². The van der Waals surface area contributed by atoms with E-state index in [-0.39, 0.29) is 12.3 Å². The van der Waals surface area contributed by atoms with Gasteiger partial charge in [-0.15, -0.1) is 0 Å². The van der Waals surface area contributed by atoms with Crippen molar-refractivity contribution in [2.24, 2.45) is 5.92 Å². The van der Waals surface area contributed by atoms with Crippen LogP contribution in [-0.2, 0) is 0 Å². The first-order chi connectivity index (χ1) is 12.7. The third kappa shape index (κ3) is 2.36. The quantitative estimate of drug-likeness (QED) is 0.586. The van der Waals surface area contributed by atoms with Gasteiger partial charge in [0.25, 0.3) is 0 Å². The van der Waals surface area contributed by atoms with Crippen molar-refractivity contribution >= 4 is 10.8 Å². The molecule has 2 aliphatic heterocycles. The van der Waals surface area contributed by atoms with Crippen molar-refractivity contribution in [2.45, 2.75) is 45.0 Å². The first kappa shape index (κ1) is 15.9. The predicted octanol–water partition coefficient (Wildman–Crippen LogP) is 5.77. The van der Waals surface area contributed by atoms with Gasteiger partial charge in [0.05, 0.1) is 6.04 Å². The lowest BCUT2D eigenvalue weighted by molar-refractivity contribution is -0.0154. The molecule has 3 atom stereocenters. The fraction of sp³-hybridized carbons (Fsp3) is 0.333. The lowest BCUT2D eigenvalue weighted by Gasteiger charge is -2.44. The van der Waals surface area contributed by atoms with Crippen LogP contribution >= 0.6 is 0 Å². The Morgan fingerprint density at radius 2 is 1.65 bits per heavy atom. The third-order valence-corrected chi connectivity index (χ3v) is 6.07. The highest BCUT2D eigenvalue weighted by Crippen LogP contribution is 2.49. The Balaban J connectivity index is 1.77. The van der Waals surface area contributed by atoms with Crippen LogP contribution in [0.2, 0.25) is 0 Å². The maximum atomic E-state index is 6.52. The lowest BCUT2D eigenvalue weighted by atomic mass is 9.89. The second-order valence-electron chi connectivity index (χ2n) is 7.92. The predicted molar refractivity (Wildman–Crippen MR) is 106 cm³/mol. The van der Waals surface area contributed by atoms with E-state index in [0.29, 0.717) is 12.0 Å². The smallest absolute Gasteiger partial charge is 0.153 e. The first-order valence-electron chi connectivity index (χ1n) is 9.75. The molecule has 3 aromatic rings. The fourth-order valence-corrected chi connectivity index (χ4v) is 4.91. The van der Waals surface area contributed by atoms with E-state index >= 15 is 0 Å². The van der Waals surface area contributed by atoms with Crippen molar-refractivity contribution < 1.29 is 4.74 Å². The maximum absolute atomic E-state index is 6.52. The average Bonchev–Trinajstić information content (AvgIpc) is 3.10. The van der Waals surface area contributed by atoms with Gasteiger partial charge in [-0.3, -0.25) is 4.90 Å². The van der Waals surface area contributed by atoms with Crippen molar-refractivity contribution in [3.8, 4) is 5.75 Å². The van der Waals surface area contributed by atoms with E-state index in [1.165, 1.54) is 28.3 Å². The minimum absolute atomic E-state index is 0.182. The van der Waals surface area contributed by atoms with E-state index in [4.69, 9.17) is 4.74 Å². The molecular weight excluding hydrogens is 318 g/mol. The lowest BCUT2D eigenvalue weighted by Crippen LogP contribution is -2.47. The van der Waals surface area contributed by atoms with Crippen LogP contribution in [0.3, 0.4) is 0 Å². The molecule has 0 aromatic heterocycles. The third-order valence-electron chi connectivity index (χ3n) is 6.07. The molecule has 2 nitrogen and oxygen atoms in total. The Morgan fingerprint density at radius 3 is 2.46 bits per heavy atom. The summed E-state index contributed by atoms with van der Waals surface area (Å²) in [6, 6.07) is 24.8. The van der Waals surface area contributed by atoms with Crippen molar-refractivity contribution in [2.75, 3.05) is 0 Å². The number of rotatable bonds is 2. The van der Waals surface area contributed by atoms with Crippen LogP contribution in [0.1, 0.15) is 43.9 Å². The number of hydrogen-bond donors (Lipinski definition) is 0. The summed E-state index contributed by atoms with van der Waals surface area (Å²) in [5, 5.41) is 2.60. The van der Waals surface area contributed by atoms with E-state index in [9.17, 15) is 0 Å². The minimum Gasteiger partial charge on any atom is -0.475 e. The highest BCUT2D eigenvalue weighted by Gasteiger charge is 2.46. The molecule has 26 heavy (non-hydrogen) atoms. The van der Waals surface area contributed by atoms with Crippen LogP contribution in [0.4, 0.5) is 0 Å². The highest BCUT2D eigenvalue weighted by molar-refractivity contribution is 5.89. The minimum atomic E-state index is 0.182. The maximum Gasteiger partial charge on any atom is 0.153 e. The summed E-state index contributed by atoms with van der Waals surface area (Å²) in [5.41, 5.74) is 2.70. The van der Waals surface area contributed by atoms with Gasteiger partial charge in [0.15, 0.2) is 6.23 Å². The Hall–Kier alpha value is -2.32. The normalized spacial score (nSPS) is 25.1. The molecule has 5 rings (SSSR count). The molecule has 0 N–H and O–H groups in total. The molecule has 2 aliphatic rings. The Kier molecular flexibility index (Phi) is 3.75. The second-order valence-corrected chi connectivity index (χ2v) is 7.92. The van der Waals surface area contributed by atoms with Gasteiger partial charge < -0.3 is 4.74 Å². The molecule has 1 saturated heterocycles. The molecule has 0 aliphatic carbocycles. The van der Waals surface area contributed by atoms with Crippen molar-refractivity contribution in [1.29, 1.82) is 0 Å². The SMILES string of the molecule is CC(C)[C@H]1CC[C@@H]2Oc3ccc4ccccc4c3[C@@H](c3ccccc3)N21. The summed E-state index contributed by atoms with van der Waals surface area (Å²) in [4.78, 5) is 2.65. The van der Waals surface area contributed by atoms with E-state index in [0.717, 1.165) is 12.2 Å². The number of nitrogens with zero attached hydrogens (tertiary/aromatic N) is 1. The Morgan fingerprint density at radius 1 is 0.885 bits per heavy atom. The molecule has 1 fully saturated rings. The summed E-state index contributed by atoms with van der Waals surface area (Å²) >= 11 is 0. The Labute approximate surface area is 155 Å². The standard InChI is InChI=1S/C24H25NO/c1-16(2)20-13-15-22-25(20)24(18-9-4-3-5-10-18)23-19-11-7-6-8-17(19)12-14-21(23)26-22/h3-12,14,16,20,22,24H,13,15H2,1-2H3/t20-,22+,24-/m1/s1. The molecule has 0 bridgehead atoms. The van der Waals surface area contributed by atoms with Gasteiger partial charge in [-0.1, -0.05) is 74.5 Å². The number of benzene rings is 3. The summed E-state index contributed by atoms with van der Waals surface area (Å²) < 4.78 is 6.52. The van der Waals surface area contributed by atoms with Gasteiger partial charge in [-0.05, 0) is 41.2 Å². The van der Waals surface area contributed by atoms with Crippen molar-refractivity contribution in [1.82, 2.24) is 4.90 Å². The summed E-state index contributed by atoms with van der Waals surface area (Å²) in [6.07, 6.45) is 2.50.